The van der Waals surface area contributed by atoms with Crippen molar-refractivity contribution in [2.75, 3.05) is 86.7 Å². The summed E-state index contributed by atoms with van der Waals surface area (Å²) in [5.74, 6) is 1.02. The Hall–Kier alpha value is -10.3. The lowest BCUT2D eigenvalue weighted by atomic mass is 9.64. The minimum Gasteiger partial charge on any atom is -0.481 e. The van der Waals surface area contributed by atoms with E-state index >= 15 is 0 Å². The van der Waals surface area contributed by atoms with Crippen LogP contribution in [0.5, 0.6) is 6.01 Å². The number of aromatic nitrogens is 3. The van der Waals surface area contributed by atoms with Gasteiger partial charge in [0, 0.05) is 79.0 Å². The van der Waals surface area contributed by atoms with Crippen LogP contribution in [-0.4, -0.2) is 117 Å². The molecule has 6 saturated carbocycles. The quantitative estimate of drug-likeness (QED) is 0.0181. The van der Waals surface area contributed by atoms with E-state index in [0.29, 0.717) is 127 Å². The molecule has 21 nitrogen and oxygen atoms in total. The highest BCUT2D eigenvalue weighted by atomic mass is 35.5. The zero-order valence-corrected chi connectivity index (χ0v) is 76.6. The van der Waals surface area contributed by atoms with Crippen molar-refractivity contribution in [2.24, 2.45) is 35.5 Å². The van der Waals surface area contributed by atoms with Crippen LogP contribution in [0.3, 0.4) is 0 Å². The van der Waals surface area contributed by atoms with E-state index in [2.05, 4.69) is 175 Å². The number of rotatable bonds is 36. The van der Waals surface area contributed by atoms with E-state index < -0.39 is 45.5 Å². The number of benzene rings is 6. The molecule has 6 aromatic carbocycles. The van der Waals surface area contributed by atoms with E-state index in [4.69, 9.17) is 33.2 Å². The number of aliphatic carboxylic acids is 4. The summed E-state index contributed by atoms with van der Waals surface area (Å²) >= 11 is 12.1. The SMILES string of the molecule is CC(C)CN(CC(C)C)c1ccc(C2(C(=O)O)CCC2)cc1Nc1ccc(Cl)cc1.CC(C)CN(c1ccc(C2(C(=O)O)CCC2)cc1Nc1ccc(C#N)cn1)C1CCCCC1.CC(C)N(CC1CC1)c1ccc(C2(C(=O)O)CCC2)cc1Nc1ccc(Cl)cc1.CCOc1ncc(Nc2cc(C3(C(=O)O)CCC3)ccc2N(CC(C)C)CC(C)C)cn1. The molecule has 0 unspecified atom stereocenters. The number of nitrogens with one attached hydrogen (secondary N) is 4. The third-order valence-electron chi connectivity index (χ3n) is 25.2. The zero-order chi connectivity index (χ0) is 89.2. The Morgan fingerprint density at radius 2 is 0.798 bits per heavy atom. The smallest absolute Gasteiger partial charge is 0.316 e. The maximum absolute atomic E-state index is 12.2. The zero-order valence-electron chi connectivity index (χ0n) is 75.1. The van der Waals surface area contributed by atoms with E-state index in [-0.39, 0.29) is 0 Å². The second-order valence-electron chi connectivity index (χ2n) is 37.5. The number of hydrogen-bond acceptors (Lipinski definition) is 17. The number of pyridine rings is 1. The summed E-state index contributed by atoms with van der Waals surface area (Å²) in [5.41, 5.74) is 11.6. The fourth-order valence-electron chi connectivity index (χ4n) is 17.9. The molecule has 6 fully saturated rings. The average molecular weight is 1730 g/mol. The lowest BCUT2D eigenvalue weighted by Crippen LogP contribution is -2.42. The molecule has 0 radical (unpaired) electrons. The molecular formula is C101H132Cl2N12O9. The Labute approximate surface area is 745 Å². The van der Waals surface area contributed by atoms with Gasteiger partial charge >= 0.3 is 29.9 Å². The maximum Gasteiger partial charge on any atom is 0.316 e. The molecule has 0 atom stereocenters. The highest BCUT2D eigenvalue weighted by Crippen LogP contribution is 2.52. The number of carboxylic acids is 4. The summed E-state index contributed by atoms with van der Waals surface area (Å²) in [4.78, 5) is 71.1. The molecule has 2 aromatic heterocycles. The summed E-state index contributed by atoms with van der Waals surface area (Å²) in [6, 6.07) is 46.7. The number of hydrogen-bond donors (Lipinski definition) is 8. The van der Waals surface area contributed by atoms with Crippen molar-refractivity contribution in [1.82, 2.24) is 15.0 Å². The van der Waals surface area contributed by atoms with Crippen LogP contribution in [0.1, 0.15) is 240 Å². The average Bonchev–Trinajstić information content (AvgIpc) is 1.15. The number of nitriles is 1. The van der Waals surface area contributed by atoms with Crippen LogP contribution in [-0.2, 0) is 40.8 Å². The van der Waals surface area contributed by atoms with Gasteiger partial charge in [-0.1, -0.05) is 162 Å². The minimum absolute atomic E-state index is 0.340. The normalized spacial score (nSPS) is 16.4. The van der Waals surface area contributed by atoms with Crippen molar-refractivity contribution in [1.29, 1.82) is 5.26 Å². The van der Waals surface area contributed by atoms with Gasteiger partial charge in [-0.05, 0) is 265 Å². The molecule has 0 aliphatic heterocycles. The van der Waals surface area contributed by atoms with E-state index in [1.165, 1.54) is 44.9 Å². The number of ether oxygens (including phenoxy) is 1. The summed E-state index contributed by atoms with van der Waals surface area (Å²) in [5, 5.41) is 64.2. The second kappa shape index (κ2) is 42.6. The van der Waals surface area contributed by atoms with Gasteiger partial charge in [0.15, 0.2) is 0 Å². The van der Waals surface area contributed by atoms with Crippen LogP contribution in [0.25, 0.3) is 0 Å². The molecule has 664 valence electrons. The highest BCUT2D eigenvalue weighted by Gasteiger charge is 2.50. The fourth-order valence-corrected chi connectivity index (χ4v) is 18.2. The number of carbonyl (C=O) groups is 4. The van der Waals surface area contributed by atoms with Crippen molar-refractivity contribution < 1.29 is 44.3 Å². The highest BCUT2D eigenvalue weighted by molar-refractivity contribution is 6.31. The summed E-state index contributed by atoms with van der Waals surface area (Å²) in [7, 11) is 0. The Morgan fingerprint density at radius 1 is 0.435 bits per heavy atom. The predicted molar refractivity (Wildman–Crippen MR) is 505 cm³/mol. The van der Waals surface area contributed by atoms with Crippen LogP contribution in [0.4, 0.5) is 68.4 Å². The number of nitrogens with zero attached hydrogens (tertiary/aromatic N) is 8. The molecule has 124 heavy (non-hydrogen) atoms. The first-order valence-corrected chi connectivity index (χ1v) is 46.0. The molecule has 23 heteroatoms. The maximum atomic E-state index is 12.2. The molecule has 6 aliphatic rings. The van der Waals surface area contributed by atoms with Gasteiger partial charge < -0.3 is 66.0 Å². The van der Waals surface area contributed by atoms with E-state index in [1.807, 2.05) is 97.9 Å². The molecule has 6 aliphatic carbocycles. The number of carboxylic acid groups (broad SMARTS) is 4. The van der Waals surface area contributed by atoms with Gasteiger partial charge in [-0.15, -0.1) is 0 Å². The predicted octanol–water partition coefficient (Wildman–Crippen LogP) is 24.2. The van der Waals surface area contributed by atoms with Crippen LogP contribution in [0, 0.1) is 46.8 Å². The molecule has 14 rings (SSSR count). The van der Waals surface area contributed by atoms with Crippen molar-refractivity contribution in [3.63, 3.8) is 0 Å². The van der Waals surface area contributed by atoms with Gasteiger partial charge in [0.2, 0.25) is 0 Å². The van der Waals surface area contributed by atoms with Crippen LogP contribution in [0.15, 0.2) is 152 Å². The van der Waals surface area contributed by atoms with Gasteiger partial charge in [0.25, 0.3) is 0 Å². The summed E-state index contributed by atoms with van der Waals surface area (Å²) in [6.07, 6.45) is 23.0. The van der Waals surface area contributed by atoms with E-state index in [1.54, 1.807) is 30.7 Å². The van der Waals surface area contributed by atoms with Crippen molar-refractivity contribution in [3.8, 4) is 12.1 Å². The minimum atomic E-state index is -0.791. The third kappa shape index (κ3) is 23.4. The molecule has 0 saturated heterocycles. The number of anilines is 12. The Balaban J connectivity index is 0.000000161. The first-order valence-electron chi connectivity index (χ1n) is 45.2. The third-order valence-corrected chi connectivity index (χ3v) is 25.7. The van der Waals surface area contributed by atoms with Gasteiger partial charge in [0.1, 0.15) is 11.9 Å². The Kier molecular flexibility index (Phi) is 32.4. The summed E-state index contributed by atoms with van der Waals surface area (Å²) in [6.45, 7) is 34.8. The van der Waals surface area contributed by atoms with Gasteiger partial charge in [0.05, 0.1) is 97.4 Å². The van der Waals surface area contributed by atoms with Crippen LogP contribution < -0.4 is 45.6 Å². The lowest BCUT2D eigenvalue weighted by Gasteiger charge is -2.41. The molecule has 8 aromatic rings. The van der Waals surface area contributed by atoms with Crippen molar-refractivity contribution >= 4 is 115 Å². The molecule has 8 N–H and O–H groups in total. The Morgan fingerprint density at radius 3 is 1.12 bits per heavy atom. The molecular weight excluding hydrogens is 1600 g/mol. The molecule has 0 bridgehead atoms. The molecule has 2 heterocycles. The lowest BCUT2D eigenvalue weighted by molar-refractivity contribution is -0.148. The molecule has 0 amide bonds. The van der Waals surface area contributed by atoms with Crippen molar-refractivity contribution in [2.45, 2.75) is 246 Å². The molecule has 0 spiro atoms. The van der Waals surface area contributed by atoms with Gasteiger partial charge in [-0.3, -0.25) is 19.2 Å². The van der Waals surface area contributed by atoms with E-state index in [0.717, 1.165) is 156 Å². The topological polar surface area (TPSA) is 282 Å². The second-order valence-corrected chi connectivity index (χ2v) is 38.4. The van der Waals surface area contributed by atoms with Gasteiger partial charge in [-0.2, -0.15) is 5.26 Å². The monoisotopic (exact) mass is 1730 g/mol. The standard InChI is InChI=1S/C27H34N4O2.C25H33ClN2O2.C25H36N4O3.C24H29ClN2O2/c1-19(2)18-31(22-7-4-3-5-8-22)24-11-10-21(27(26(32)33)13-6-14-27)15-23(24)30-25-12-9-20(16-28)17-29-25;1-17(2)15-28(16-18(3)4)23-11-6-19(25(24(29)30)12-5-13-25)14-22(23)27-21-9-7-20(26)8-10-21;1-6-32-24-26-13-20(14-27-24)28-21-12-19(25(23(30)31)10-7-11-25)8-9-22(21)29(15-17(2)3)16-18(4)5;1-16(2)27(15-17-4-5-17)22-11-6-18(24(23(28)29)12-3-13-24)14-21(22)26-20-9-7-19(25)8-10-20/h9-12,15,17,19,22H,3-8,13-14,18H2,1-2H3,(H,29,30)(H,32,33);6-11,14,17-18,27H,5,12-13,15-16H2,1-4H3,(H,29,30);8-9,12-14,17-18,28H,6-7,10-11,15-16H2,1-5H3,(H,30,31);6-11,14,16-17,26H,3-5,12-13,15H2,1-2H3,(H,28,29). The fraction of sp³-hybridized carbons (Fsp3) is 0.505. The van der Waals surface area contributed by atoms with E-state index in [9.17, 15) is 39.6 Å². The van der Waals surface area contributed by atoms with Crippen LogP contribution >= 0.6 is 23.2 Å². The Bertz CT molecular complexity index is 4890. The largest absolute Gasteiger partial charge is 0.481 e. The van der Waals surface area contributed by atoms with Crippen molar-refractivity contribution in [3.05, 3.63) is 190 Å². The first kappa shape index (κ1) is 94.4. The van der Waals surface area contributed by atoms with Crippen LogP contribution in [0.2, 0.25) is 10.0 Å². The summed E-state index contributed by atoms with van der Waals surface area (Å²) < 4.78 is 5.35. The number of halogens is 2. The van der Waals surface area contributed by atoms with Gasteiger partial charge in [-0.25, -0.2) is 15.0 Å². The first-order chi connectivity index (χ1) is 59.3.